The Bertz CT molecular complexity index is 444. The van der Waals surface area contributed by atoms with Crippen molar-refractivity contribution in [1.82, 2.24) is 25.1 Å². The zero-order valence-corrected chi connectivity index (χ0v) is 9.41. The van der Waals surface area contributed by atoms with Crippen molar-refractivity contribution in [3.8, 4) is 0 Å². The monoisotopic (exact) mass is 239 g/mol. The Kier molecular flexibility index (Phi) is 3.03. The Morgan fingerprint density at radius 3 is 2.88 bits per heavy atom. The van der Waals surface area contributed by atoms with Gasteiger partial charge in [-0.05, 0) is 23.3 Å². The summed E-state index contributed by atoms with van der Waals surface area (Å²) in [5, 5.41) is 19.7. The van der Waals surface area contributed by atoms with Crippen molar-refractivity contribution in [3.05, 3.63) is 5.82 Å². The van der Waals surface area contributed by atoms with Crippen molar-refractivity contribution < 1.29 is 14.7 Å². The predicted molar refractivity (Wildman–Crippen MR) is 54.9 cm³/mol. The van der Waals surface area contributed by atoms with Crippen LogP contribution in [0.4, 0.5) is 0 Å². The molecule has 0 aromatic carbocycles. The molecule has 2 heterocycles. The quantitative estimate of drug-likeness (QED) is 0.713. The normalized spacial score (nSPS) is 19.6. The first kappa shape index (κ1) is 11.5. The van der Waals surface area contributed by atoms with Gasteiger partial charge in [0.15, 0.2) is 5.82 Å². The largest absolute Gasteiger partial charge is 0.480 e. The number of likely N-dealkylation sites (tertiary alicyclic amines) is 1. The minimum atomic E-state index is -0.952. The van der Waals surface area contributed by atoms with E-state index in [1.807, 2.05) is 0 Å². The summed E-state index contributed by atoms with van der Waals surface area (Å²) >= 11 is 0. The van der Waals surface area contributed by atoms with E-state index in [1.165, 1.54) is 9.58 Å². The molecule has 1 atom stereocenters. The smallest absolute Gasteiger partial charge is 0.326 e. The highest BCUT2D eigenvalue weighted by Crippen LogP contribution is 2.18. The SMILES string of the molecule is Cn1nnnc1CC(=O)N1CCCC1C(=O)O. The van der Waals surface area contributed by atoms with Crippen molar-refractivity contribution in [2.75, 3.05) is 6.54 Å². The molecule has 0 saturated carbocycles. The first-order valence-corrected chi connectivity index (χ1v) is 5.33. The molecule has 1 N–H and O–H groups in total. The van der Waals surface area contributed by atoms with Gasteiger partial charge in [0.05, 0.1) is 6.42 Å². The summed E-state index contributed by atoms with van der Waals surface area (Å²) in [6, 6.07) is -0.705. The van der Waals surface area contributed by atoms with Gasteiger partial charge in [-0.3, -0.25) is 4.79 Å². The molecule has 0 radical (unpaired) electrons. The van der Waals surface area contributed by atoms with Gasteiger partial charge in [0.25, 0.3) is 0 Å². The minimum absolute atomic E-state index is 0.0350. The first-order valence-electron chi connectivity index (χ1n) is 5.33. The summed E-state index contributed by atoms with van der Waals surface area (Å²) in [6.45, 7) is 0.487. The molecule has 1 aromatic heterocycles. The predicted octanol–water partition coefficient (Wildman–Crippen LogP) is -1.17. The van der Waals surface area contributed by atoms with Crippen LogP contribution in [0.5, 0.6) is 0 Å². The number of nitrogens with zero attached hydrogens (tertiary/aromatic N) is 5. The number of carboxylic acids is 1. The number of tetrazole rings is 1. The molecule has 8 heteroatoms. The number of carboxylic acid groups (broad SMARTS) is 1. The van der Waals surface area contributed by atoms with E-state index in [0.717, 1.165) is 6.42 Å². The molecule has 0 spiro atoms. The van der Waals surface area contributed by atoms with E-state index in [0.29, 0.717) is 18.8 Å². The van der Waals surface area contributed by atoms with Crippen molar-refractivity contribution >= 4 is 11.9 Å². The maximum absolute atomic E-state index is 11.9. The second kappa shape index (κ2) is 4.48. The lowest BCUT2D eigenvalue weighted by Gasteiger charge is -2.20. The summed E-state index contributed by atoms with van der Waals surface area (Å²) < 4.78 is 1.41. The number of hydrogen-bond acceptors (Lipinski definition) is 5. The molecule has 17 heavy (non-hydrogen) atoms. The average molecular weight is 239 g/mol. The highest BCUT2D eigenvalue weighted by atomic mass is 16.4. The standard InChI is InChI=1S/C9H13N5O3/c1-13-7(10-11-12-13)5-8(15)14-4-2-3-6(14)9(16)17/h6H,2-5H2,1H3,(H,16,17). The van der Waals surface area contributed by atoms with E-state index in [9.17, 15) is 9.59 Å². The summed E-state index contributed by atoms with van der Waals surface area (Å²) in [7, 11) is 1.64. The molecular formula is C9H13N5O3. The van der Waals surface area contributed by atoms with Crippen LogP contribution in [0.1, 0.15) is 18.7 Å². The highest BCUT2D eigenvalue weighted by Gasteiger charge is 2.34. The van der Waals surface area contributed by atoms with Gasteiger partial charge in [-0.15, -0.1) is 5.10 Å². The van der Waals surface area contributed by atoms with Crippen LogP contribution in [-0.4, -0.2) is 54.7 Å². The van der Waals surface area contributed by atoms with E-state index in [1.54, 1.807) is 7.05 Å². The molecule has 92 valence electrons. The van der Waals surface area contributed by atoms with E-state index in [-0.39, 0.29) is 12.3 Å². The molecule has 1 aliphatic rings. The summed E-state index contributed by atoms with van der Waals surface area (Å²) in [4.78, 5) is 24.3. The van der Waals surface area contributed by atoms with Crippen molar-refractivity contribution in [2.45, 2.75) is 25.3 Å². The highest BCUT2D eigenvalue weighted by molar-refractivity contribution is 5.85. The van der Waals surface area contributed by atoms with Crippen LogP contribution in [0.25, 0.3) is 0 Å². The van der Waals surface area contributed by atoms with Crippen LogP contribution < -0.4 is 0 Å². The van der Waals surface area contributed by atoms with Crippen LogP contribution in [0.15, 0.2) is 0 Å². The molecule has 1 aliphatic heterocycles. The van der Waals surface area contributed by atoms with Crippen molar-refractivity contribution in [1.29, 1.82) is 0 Å². The number of aromatic nitrogens is 4. The molecule has 1 aromatic rings. The topological polar surface area (TPSA) is 101 Å². The second-order valence-electron chi connectivity index (χ2n) is 3.98. The molecule has 1 fully saturated rings. The molecule has 0 bridgehead atoms. The lowest BCUT2D eigenvalue weighted by Crippen LogP contribution is -2.41. The summed E-state index contributed by atoms with van der Waals surface area (Å²) in [5.74, 6) is -0.759. The summed E-state index contributed by atoms with van der Waals surface area (Å²) in [5.41, 5.74) is 0. The number of rotatable bonds is 3. The fourth-order valence-corrected chi connectivity index (χ4v) is 1.96. The van der Waals surface area contributed by atoms with E-state index >= 15 is 0 Å². The third-order valence-corrected chi connectivity index (χ3v) is 2.88. The van der Waals surface area contributed by atoms with Crippen LogP contribution in [0.3, 0.4) is 0 Å². The second-order valence-corrected chi connectivity index (χ2v) is 3.98. The van der Waals surface area contributed by atoms with E-state index in [2.05, 4.69) is 15.5 Å². The lowest BCUT2D eigenvalue weighted by molar-refractivity contribution is -0.148. The van der Waals surface area contributed by atoms with Gasteiger partial charge in [0, 0.05) is 13.6 Å². The minimum Gasteiger partial charge on any atom is -0.480 e. The number of aliphatic carboxylic acids is 1. The fraction of sp³-hybridized carbons (Fsp3) is 0.667. The van der Waals surface area contributed by atoms with Gasteiger partial charge in [-0.2, -0.15) is 0 Å². The van der Waals surface area contributed by atoms with Gasteiger partial charge in [-0.25, -0.2) is 9.48 Å². The fourth-order valence-electron chi connectivity index (χ4n) is 1.96. The maximum Gasteiger partial charge on any atom is 0.326 e. The molecule has 1 unspecified atom stereocenters. The molecule has 1 amide bonds. The van der Waals surface area contributed by atoms with Gasteiger partial charge in [0.1, 0.15) is 6.04 Å². The number of amides is 1. The molecular weight excluding hydrogens is 226 g/mol. The maximum atomic E-state index is 11.9. The van der Waals surface area contributed by atoms with Crippen LogP contribution >= 0.6 is 0 Å². The third kappa shape index (κ3) is 2.24. The van der Waals surface area contributed by atoms with Gasteiger partial charge < -0.3 is 10.0 Å². The van der Waals surface area contributed by atoms with Crippen LogP contribution in [0, 0.1) is 0 Å². The number of hydrogen-bond donors (Lipinski definition) is 1. The van der Waals surface area contributed by atoms with Crippen molar-refractivity contribution in [2.24, 2.45) is 7.05 Å². The third-order valence-electron chi connectivity index (χ3n) is 2.88. The number of aryl methyl sites for hydroxylation is 1. The molecule has 1 saturated heterocycles. The zero-order valence-electron chi connectivity index (χ0n) is 9.41. The lowest BCUT2D eigenvalue weighted by atomic mass is 10.2. The summed E-state index contributed by atoms with van der Waals surface area (Å²) in [6.07, 6.45) is 1.27. The van der Waals surface area contributed by atoms with Gasteiger partial charge in [0.2, 0.25) is 5.91 Å². The number of carbonyl (C=O) groups is 2. The Hall–Kier alpha value is -1.99. The van der Waals surface area contributed by atoms with Crippen molar-refractivity contribution in [3.63, 3.8) is 0 Å². The van der Waals surface area contributed by atoms with Crippen LogP contribution in [-0.2, 0) is 23.1 Å². The Morgan fingerprint density at radius 2 is 2.29 bits per heavy atom. The zero-order chi connectivity index (χ0) is 12.4. The molecule has 2 rings (SSSR count). The Balaban J connectivity index is 2.05. The van der Waals surface area contributed by atoms with E-state index < -0.39 is 12.0 Å². The average Bonchev–Trinajstić information content (AvgIpc) is 2.87. The van der Waals surface area contributed by atoms with Gasteiger partial charge >= 0.3 is 5.97 Å². The Morgan fingerprint density at radius 1 is 1.53 bits per heavy atom. The van der Waals surface area contributed by atoms with Gasteiger partial charge in [-0.1, -0.05) is 0 Å². The van der Waals surface area contributed by atoms with E-state index in [4.69, 9.17) is 5.11 Å². The molecule has 0 aliphatic carbocycles. The van der Waals surface area contributed by atoms with Crippen LogP contribution in [0.2, 0.25) is 0 Å². The Labute approximate surface area is 97.2 Å². The first-order chi connectivity index (χ1) is 8.09. The molecule has 8 nitrogen and oxygen atoms in total. The number of carbonyl (C=O) groups excluding carboxylic acids is 1.